The second kappa shape index (κ2) is 4.66. The van der Waals surface area contributed by atoms with Gasteiger partial charge in [0.25, 0.3) is 5.92 Å². The number of amides is 1. The summed E-state index contributed by atoms with van der Waals surface area (Å²) in [7, 11) is 0. The molecular weight excluding hydrogens is 284 g/mol. The molecule has 21 heavy (non-hydrogen) atoms. The molecule has 0 bridgehead atoms. The fraction of sp³-hybridized carbons (Fsp3) is 0.692. The van der Waals surface area contributed by atoms with Crippen molar-refractivity contribution in [2.24, 2.45) is 0 Å². The van der Waals surface area contributed by atoms with Gasteiger partial charge in [0.1, 0.15) is 5.69 Å². The summed E-state index contributed by atoms with van der Waals surface area (Å²) in [6.07, 6.45) is -2.11. The molecule has 1 aromatic heterocycles. The van der Waals surface area contributed by atoms with Crippen molar-refractivity contribution in [2.75, 3.05) is 0 Å². The molecule has 116 valence electrons. The summed E-state index contributed by atoms with van der Waals surface area (Å²) in [5.74, 6) is -3.09. The number of nitrogens with zero attached hydrogens (tertiary/aromatic N) is 3. The molecule has 0 saturated heterocycles. The average molecular weight is 301 g/mol. The van der Waals surface area contributed by atoms with E-state index in [1.165, 1.54) is 4.68 Å². The Morgan fingerprint density at radius 1 is 1.48 bits per heavy atom. The molecule has 1 aromatic rings. The maximum Gasteiger partial charge on any atom is 0.407 e. The van der Waals surface area contributed by atoms with E-state index in [1.807, 2.05) is 0 Å². The van der Waals surface area contributed by atoms with Crippen LogP contribution in [0.15, 0.2) is 0 Å². The van der Waals surface area contributed by atoms with E-state index in [1.54, 1.807) is 6.92 Å². The van der Waals surface area contributed by atoms with Crippen LogP contribution < -0.4 is 0 Å². The smallest absolute Gasteiger partial charge is 0.407 e. The zero-order chi connectivity index (χ0) is 15.4. The van der Waals surface area contributed by atoms with Gasteiger partial charge in [0.15, 0.2) is 0 Å². The van der Waals surface area contributed by atoms with E-state index < -0.39 is 24.5 Å². The third kappa shape index (κ3) is 2.27. The van der Waals surface area contributed by atoms with Gasteiger partial charge in [0, 0.05) is 24.4 Å². The summed E-state index contributed by atoms with van der Waals surface area (Å²) in [6, 6.07) is -0.298. The molecule has 0 aromatic carbocycles. The lowest BCUT2D eigenvalue weighted by Gasteiger charge is -2.31. The minimum atomic E-state index is -3.09. The molecule has 0 aliphatic carbocycles. The third-order valence-corrected chi connectivity index (χ3v) is 4.25. The van der Waals surface area contributed by atoms with Gasteiger partial charge >= 0.3 is 6.09 Å². The average Bonchev–Trinajstić information content (AvgIpc) is 2.67. The standard InChI is InChI=1S/C13H17F2N3O3/c1-7-4-10-9(6-17(7)12(20)21)11-13(14,15)3-2-8(19)5-18(11)16-10/h7-8,19H,2-6H2,1H3,(H,20,21). The number of hydrogen-bond acceptors (Lipinski definition) is 3. The van der Waals surface area contributed by atoms with Crippen molar-refractivity contribution in [3.05, 3.63) is 17.0 Å². The number of rotatable bonds is 0. The molecule has 6 nitrogen and oxygen atoms in total. The Morgan fingerprint density at radius 3 is 2.86 bits per heavy atom. The second-order valence-corrected chi connectivity index (χ2v) is 5.82. The highest BCUT2D eigenvalue weighted by Gasteiger charge is 2.44. The molecule has 2 atom stereocenters. The molecule has 2 aliphatic heterocycles. The Kier molecular flexibility index (Phi) is 3.16. The minimum absolute atomic E-state index is 0.00415. The molecule has 0 radical (unpaired) electrons. The number of hydrogen-bond donors (Lipinski definition) is 2. The van der Waals surface area contributed by atoms with Crippen LogP contribution in [0.25, 0.3) is 0 Å². The normalized spacial score (nSPS) is 27.7. The number of fused-ring (bicyclic) bond motifs is 3. The van der Waals surface area contributed by atoms with E-state index in [-0.39, 0.29) is 31.2 Å². The van der Waals surface area contributed by atoms with Crippen molar-refractivity contribution >= 4 is 6.09 Å². The van der Waals surface area contributed by atoms with E-state index in [0.29, 0.717) is 17.7 Å². The van der Waals surface area contributed by atoms with E-state index in [9.17, 15) is 23.8 Å². The Hall–Kier alpha value is -1.70. The first kappa shape index (κ1) is 14.2. The molecule has 1 amide bonds. The number of carbonyl (C=O) groups is 1. The van der Waals surface area contributed by atoms with Gasteiger partial charge in [-0.2, -0.15) is 13.9 Å². The van der Waals surface area contributed by atoms with Crippen LogP contribution in [0.4, 0.5) is 13.6 Å². The van der Waals surface area contributed by atoms with Crippen LogP contribution in [0.5, 0.6) is 0 Å². The zero-order valence-corrected chi connectivity index (χ0v) is 11.6. The highest BCUT2D eigenvalue weighted by molar-refractivity contribution is 5.66. The Balaban J connectivity index is 2.09. The number of aliphatic hydroxyl groups excluding tert-OH is 1. The molecule has 2 N–H and O–H groups in total. The van der Waals surface area contributed by atoms with Crippen LogP contribution in [-0.4, -0.2) is 43.1 Å². The summed E-state index contributed by atoms with van der Waals surface area (Å²) in [5.41, 5.74) is 0.588. The lowest BCUT2D eigenvalue weighted by atomic mass is 9.96. The molecule has 3 rings (SSSR count). The van der Waals surface area contributed by atoms with Crippen LogP contribution in [0.2, 0.25) is 0 Å². The van der Waals surface area contributed by atoms with Gasteiger partial charge in [-0.3, -0.25) is 4.68 Å². The highest BCUT2D eigenvalue weighted by Crippen LogP contribution is 2.41. The number of aliphatic hydroxyl groups is 1. The molecule has 0 saturated carbocycles. The zero-order valence-electron chi connectivity index (χ0n) is 11.6. The van der Waals surface area contributed by atoms with Crippen molar-refractivity contribution in [3.8, 4) is 0 Å². The number of alkyl halides is 2. The molecule has 2 unspecified atom stereocenters. The van der Waals surface area contributed by atoms with Crippen molar-refractivity contribution in [2.45, 2.75) is 57.3 Å². The number of aromatic nitrogens is 2. The quantitative estimate of drug-likeness (QED) is 0.762. The first-order valence-corrected chi connectivity index (χ1v) is 6.94. The summed E-state index contributed by atoms with van der Waals surface area (Å²) >= 11 is 0. The molecule has 0 fully saturated rings. The van der Waals surface area contributed by atoms with Crippen molar-refractivity contribution < 1.29 is 23.8 Å². The maximum absolute atomic E-state index is 14.3. The van der Waals surface area contributed by atoms with Gasteiger partial charge in [-0.25, -0.2) is 4.79 Å². The predicted octanol–water partition coefficient (Wildman–Crippen LogP) is 1.55. The van der Waals surface area contributed by atoms with Gasteiger partial charge < -0.3 is 15.1 Å². The SMILES string of the molecule is CC1Cc2nn3c(c2CN1C(=O)O)C(F)(F)CCC(O)C3. The summed E-state index contributed by atoms with van der Waals surface area (Å²) < 4.78 is 29.8. The van der Waals surface area contributed by atoms with E-state index in [4.69, 9.17) is 0 Å². The fourth-order valence-electron chi connectivity index (χ4n) is 3.15. The van der Waals surface area contributed by atoms with Crippen LogP contribution in [0, 0.1) is 0 Å². The molecule has 0 spiro atoms. The lowest BCUT2D eigenvalue weighted by molar-refractivity contribution is -0.0252. The predicted molar refractivity (Wildman–Crippen MR) is 68.1 cm³/mol. The molecule has 8 heteroatoms. The van der Waals surface area contributed by atoms with Gasteiger partial charge in [0.05, 0.1) is 24.9 Å². The van der Waals surface area contributed by atoms with Gasteiger partial charge in [0.2, 0.25) is 0 Å². The Labute approximate surface area is 120 Å². The number of halogens is 2. The van der Waals surface area contributed by atoms with Gasteiger partial charge in [-0.05, 0) is 13.3 Å². The van der Waals surface area contributed by atoms with Crippen molar-refractivity contribution in [1.29, 1.82) is 0 Å². The molecular formula is C13H17F2N3O3. The second-order valence-electron chi connectivity index (χ2n) is 5.82. The monoisotopic (exact) mass is 301 g/mol. The maximum atomic E-state index is 14.3. The van der Waals surface area contributed by atoms with Crippen molar-refractivity contribution in [3.63, 3.8) is 0 Å². The van der Waals surface area contributed by atoms with Crippen LogP contribution in [-0.2, 0) is 25.4 Å². The first-order chi connectivity index (χ1) is 9.79. The molecule has 2 aliphatic rings. The van der Waals surface area contributed by atoms with E-state index in [2.05, 4.69) is 5.10 Å². The van der Waals surface area contributed by atoms with Crippen LogP contribution in [0.3, 0.4) is 0 Å². The fourth-order valence-corrected chi connectivity index (χ4v) is 3.15. The van der Waals surface area contributed by atoms with E-state index >= 15 is 0 Å². The Bertz CT molecular complexity index is 587. The minimum Gasteiger partial charge on any atom is -0.465 e. The van der Waals surface area contributed by atoms with Crippen molar-refractivity contribution in [1.82, 2.24) is 14.7 Å². The summed E-state index contributed by atoms with van der Waals surface area (Å²) in [5, 5.41) is 23.1. The van der Waals surface area contributed by atoms with Gasteiger partial charge in [-0.15, -0.1) is 0 Å². The number of carboxylic acid groups (broad SMARTS) is 1. The molecule has 3 heterocycles. The highest BCUT2D eigenvalue weighted by atomic mass is 19.3. The third-order valence-electron chi connectivity index (χ3n) is 4.25. The van der Waals surface area contributed by atoms with Crippen LogP contribution in [0.1, 0.15) is 36.7 Å². The summed E-state index contributed by atoms with van der Waals surface area (Å²) in [6.45, 7) is 1.68. The van der Waals surface area contributed by atoms with Crippen LogP contribution >= 0.6 is 0 Å². The largest absolute Gasteiger partial charge is 0.465 e. The lowest BCUT2D eigenvalue weighted by Crippen LogP contribution is -2.42. The topological polar surface area (TPSA) is 78.6 Å². The first-order valence-electron chi connectivity index (χ1n) is 6.94. The summed E-state index contributed by atoms with van der Waals surface area (Å²) in [4.78, 5) is 12.4. The van der Waals surface area contributed by atoms with E-state index in [0.717, 1.165) is 4.90 Å². The van der Waals surface area contributed by atoms with Gasteiger partial charge in [-0.1, -0.05) is 0 Å². The Morgan fingerprint density at radius 2 is 2.19 bits per heavy atom.